The highest BCUT2D eigenvalue weighted by Crippen LogP contribution is 2.10. The summed E-state index contributed by atoms with van der Waals surface area (Å²) in [5, 5.41) is 11.1. The smallest absolute Gasteiger partial charge is 0.334 e. The Kier molecular flexibility index (Phi) is 4.79. The minimum atomic E-state index is -1.17. The number of carboxylic acid groups (broad SMARTS) is 1. The van der Waals surface area contributed by atoms with Crippen LogP contribution in [0.3, 0.4) is 0 Å². The van der Waals surface area contributed by atoms with E-state index in [4.69, 9.17) is 5.11 Å². The van der Waals surface area contributed by atoms with Gasteiger partial charge in [-0.15, -0.1) is 0 Å². The fourth-order valence-electron chi connectivity index (χ4n) is 1.39. The third-order valence-electron chi connectivity index (χ3n) is 2.45. The van der Waals surface area contributed by atoms with E-state index >= 15 is 0 Å². The van der Waals surface area contributed by atoms with E-state index < -0.39 is 23.8 Å². The number of carboxylic acids is 1. The topological polar surface area (TPSA) is 75.6 Å². The van der Waals surface area contributed by atoms with E-state index in [-0.39, 0.29) is 12.1 Å². The number of ether oxygens (including phenoxy) is 1. The Bertz CT molecular complexity index is 461. The molecule has 0 saturated heterocycles. The van der Waals surface area contributed by atoms with Gasteiger partial charge in [0.1, 0.15) is 5.82 Å². The van der Waals surface area contributed by atoms with E-state index in [9.17, 15) is 14.0 Å². The summed E-state index contributed by atoms with van der Waals surface area (Å²) in [6.07, 6.45) is -1.12. The maximum Gasteiger partial charge on any atom is 0.334 e. The maximum atomic E-state index is 13.0. The molecule has 1 amide bonds. The molecule has 0 aliphatic carbocycles. The lowest BCUT2D eigenvalue weighted by Crippen LogP contribution is -2.38. The van der Waals surface area contributed by atoms with Gasteiger partial charge in [-0.3, -0.25) is 4.79 Å². The van der Waals surface area contributed by atoms with Crippen LogP contribution in [0.2, 0.25) is 0 Å². The zero-order chi connectivity index (χ0) is 13.7. The Hall–Kier alpha value is -1.95. The van der Waals surface area contributed by atoms with Crippen molar-refractivity contribution >= 4 is 11.9 Å². The minimum Gasteiger partial charge on any atom is -0.479 e. The summed E-state index contributed by atoms with van der Waals surface area (Å²) >= 11 is 0. The average molecular weight is 255 g/mol. The van der Waals surface area contributed by atoms with Gasteiger partial charge in [-0.1, -0.05) is 6.07 Å². The van der Waals surface area contributed by atoms with Gasteiger partial charge in [-0.2, -0.15) is 0 Å². The second kappa shape index (κ2) is 6.11. The minimum absolute atomic E-state index is 0.176. The van der Waals surface area contributed by atoms with Gasteiger partial charge in [0.2, 0.25) is 0 Å². The van der Waals surface area contributed by atoms with Gasteiger partial charge in [0, 0.05) is 12.7 Å². The molecular weight excluding hydrogens is 241 g/mol. The molecule has 1 aromatic carbocycles. The monoisotopic (exact) mass is 255 g/mol. The second-order valence-corrected chi connectivity index (χ2v) is 3.73. The van der Waals surface area contributed by atoms with Gasteiger partial charge < -0.3 is 15.2 Å². The summed E-state index contributed by atoms with van der Waals surface area (Å²) < 4.78 is 17.7. The Balaban J connectivity index is 2.71. The molecular formula is C12H14FNO4. The van der Waals surface area contributed by atoms with E-state index in [2.05, 4.69) is 10.1 Å². The Morgan fingerprint density at radius 1 is 1.50 bits per heavy atom. The molecule has 18 heavy (non-hydrogen) atoms. The summed E-state index contributed by atoms with van der Waals surface area (Å²) in [7, 11) is 1.23. The van der Waals surface area contributed by atoms with Gasteiger partial charge in [0.25, 0.3) is 5.91 Å². The first kappa shape index (κ1) is 14.1. The van der Waals surface area contributed by atoms with E-state index in [0.29, 0.717) is 5.56 Å². The number of rotatable bonds is 5. The van der Waals surface area contributed by atoms with Crippen molar-refractivity contribution in [1.82, 2.24) is 5.32 Å². The van der Waals surface area contributed by atoms with Crippen LogP contribution in [0.4, 0.5) is 4.39 Å². The Morgan fingerprint density at radius 3 is 2.72 bits per heavy atom. The normalized spacial score (nSPS) is 11.9. The number of hydrogen-bond acceptors (Lipinski definition) is 3. The number of nitrogens with one attached hydrogen (secondary N) is 1. The van der Waals surface area contributed by atoms with Gasteiger partial charge in [-0.05, 0) is 24.6 Å². The Labute approximate surface area is 104 Å². The number of halogens is 1. The molecule has 0 aliphatic rings. The molecule has 2 N–H and O–H groups in total. The molecule has 0 heterocycles. The lowest BCUT2D eigenvalue weighted by atomic mass is 10.1. The molecule has 0 fully saturated rings. The highest BCUT2D eigenvalue weighted by atomic mass is 19.1. The predicted octanol–water partition coefficient (Wildman–Crippen LogP) is 0.964. The van der Waals surface area contributed by atoms with Crippen molar-refractivity contribution in [3.63, 3.8) is 0 Å². The lowest BCUT2D eigenvalue weighted by Gasteiger charge is -2.12. The molecule has 98 valence electrons. The van der Waals surface area contributed by atoms with Crippen LogP contribution in [0.1, 0.15) is 15.9 Å². The quantitative estimate of drug-likeness (QED) is 0.821. The number of aliphatic carboxylic acids is 1. The van der Waals surface area contributed by atoms with Crippen molar-refractivity contribution in [2.24, 2.45) is 0 Å². The Morgan fingerprint density at radius 2 is 2.17 bits per heavy atom. The third kappa shape index (κ3) is 3.53. The number of methoxy groups -OCH3 is 1. The summed E-state index contributed by atoms with van der Waals surface area (Å²) in [4.78, 5) is 22.4. The van der Waals surface area contributed by atoms with Crippen LogP contribution < -0.4 is 5.32 Å². The zero-order valence-corrected chi connectivity index (χ0v) is 10.1. The average Bonchev–Trinajstić information content (AvgIpc) is 2.32. The first-order chi connectivity index (χ1) is 8.45. The summed E-state index contributed by atoms with van der Waals surface area (Å²) in [6, 6.07) is 3.84. The SMILES string of the molecule is COC(CNC(=O)c1cc(F)ccc1C)C(=O)O. The van der Waals surface area contributed by atoms with Crippen LogP contribution in [0, 0.1) is 12.7 Å². The van der Waals surface area contributed by atoms with Crippen molar-refractivity contribution in [3.8, 4) is 0 Å². The van der Waals surface area contributed by atoms with E-state index in [1.165, 1.54) is 19.2 Å². The number of benzene rings is 1. The van der Waals surface area contributed by atoms with Crippen LogP contribution in [0.15, 0.2) is 18.2 Å². The molecule has 0 bridgehead atoms. The lowest BCUT2D eigenvalue weighted by molar-refractivity contribution is -0.148. The molecule has 0 radical (unpaired) electrons. The highest BCUT2D eigenvalue weighted by molar-refractivity contribution is 5.95. The first-order valence-electron chi connectivity index (χ1n) is 5.25. The zero-order valence-electron chi connectivity index (χ0n) is 10.1. The van der Waals surface area contributed by atoms with Crippen molar-refractivity contribution in [2.45, 2.75) is 13.0 Å². The molecule has 0 spiro atoms. The molecule has 5 nitrogen and oxygen atoms in total. The summed E-state index contributed by atoms with van der Waals surface area (Å²) in [5.74, 6) is -2.23. The molecule has 1 rings (SSSR count). The molecule has 0 saturated carbocycles. The van der Waals surface area contributed by atoms with Crippen molar-refractivity contribution in [2.75, 3.05) is 13.7 Å². The number of amides is 1. The third-order valence-corrected chi connectivity index (χ3v) is 2.45. The highest BCUT2D eigenvalue weighted by Gasteiger charge is 2.18. The van der Waals surface area contributed by atoms with Crippen molar-refractivity contribution in [3.05, 3.63) is 35.1 Å². The fourth-order valence-corrected chi connectivity index (χ4v) is 1.39. The van der Waals surface area contributed by atoms with Crippen LogP contribution in [-0.4, -0.2) is 36.7 Å². The van der Waals surface area contributed by atoms with E-state index in [1.807, 2.05) is 0 Å². The summed E-state index contributed by atoms with van der Waals surface area (Å²) in [6.45, 7) is 1.49. The van der Waals surface area contributed by atoms with Gasteiger partial charge in [0.05, 0.1) is 6.54 Å². The van der Waals surface area contributed by atoms with Crippen molar-refractivity contribution in [1.29, 1.82) is 0 Å². The van der Waals surface area contributed by atoms with Gasteiger partial charge >= 0.3 is 5.97 Å². The van der Waals surface area contributed by atoms with Gasteiger partial charge in [0.15, 0.2) is 6.10 Å². The molecule has 1 aromatic rings. The van der Waals surface area contributed by atoms with E-state index in [0.717, 1.165) is 6.07 Å². The standard InChI is InChI=1S/C12H14FNO4/c1-7-3-4-8(13)5-9(7)11(15)14-6-10(18-2)12(16)17/h3-5,10H,6H2,1-2H3,(H,14,15)(H,16,17). The maximum absolute atomic E-state index is 13.0. The van der Waals surface area contributed by atoms with Crippen LogP contribution in [0.5, 0.6) is 0 Å². The van der Waals surface area contributed by atoms with Crippen LogP contribution >= 0.6 is 0 Å². The second-order valence-electron chi connectivity index (χ2n) is 3.73. The number of carbonyl (C=O) groups is 2. The molecule has 0 aliphatic heterocycles. The number of aryl methyl sites for hydroxylation is 1. The molecule has 1 atom stereocenters. The molecule has 0 aromatic heterocycles. The van der Waals surface area contributed by atoms with Crippen molar-refractivity contribution < 1.29 is 23.8 Å². The first-order valence-corrected chi connectivity index (χ1v) is 5.25. The largest absolute Gasteiger partial charge is 0.479 e. The van der Waals surface area contributed by atoms with Gasteiger partial charge in [-0.25, -0.2) is 9.18 Å². The number of hydrogen-bond donors (Lipinski definition) is 2. The molecule has 1 unspecified atom stereocenters. The molecule has 6 heteroatoms. The fraction of sp³-hybridized carbons (Fsp3) is 0.333. The van der Waals surface area contributed by atoms with E-state index in [1.54, 1.807) is 6.92 Å². The predicted molar refractivity (Wildman–Crippen MR) is 61.9 cm³/mol. The summed E-state index contributed by atoms with van der Waals surface area (Å²) in [5.41, 5.74) is 0.786. The van der Waals surface area contributed by atoms with Crippen LogP contribution in [0.25, 0.3) is 0 Å². The van der Waals surface area contributed by atoms with Crippen LogP contribution in [-0.2, 0) is 9.53 Å². The number of carbonyl (C=O) groups excluding carboxylic acids is 1.